The van der Waals surface area contributed by atoms with Crippen molar-refractivity contribution < 1.29 is 9.21 Å². The number of carbonyl (C=O) groups is 1. The molecule has 0 saturated heterocycles. The minimum atomic E-state index is -0.333. The van der Waals surface area contributed by atoms with Gasteiger partial charge < -0.3 is 9.73 Å². The molecule has 4 nitrogen and oxygen atoms in total. The predicted octanol–water partition coefficient (Wildman–Crippen LogP) is 6.53. The number of fused-ring (bicyclic) bond motifs is 1. The molecule has 1 N–H and O–H groups in total. The van der Waals surface area contributed by atoms with Gasteiger partial charge in [0, 0.05) is 21.1 Å². The van der Waals surface area contributed by atoms with E-state index in [0.29, 0.717) is 32.6 Å². The fraction of sp³-hybridized carbons (Fsp3) is 0.0435. The minimum absolute atomic E-state index is 0.209. The smallest absolute Gasteiger partial charge is 0.261 e. The molecule has 144 valence electrons. The Hall–Kier alpha value is -3.08. The Balaban J connectivity index is 1.86. The average Bonchev–Trinajstić information content (AvgIpc) is 2.72. The normalized spacial score (nSPS) is 11.6. The number of benzene rings is 3. The number of amides is 1. The lowest BCUT2D eigenvalue weighted by Gasteiger charge is -2.08. The standard InChI is InChI=1S/C23H16Cl2N2O2/c1-14-6-7-17(25)13-20(14)27-23-19(12-15-4-2-3-5-21(15)29-23)22(28)26-18-10-8-16(24)9-11-18/h2-13H,1H3,(H,26,28). The van der Waals surface area contributed by atoms with E-state index in [2.05, 4.69) is 10.3 Å². The van der Waals surface area contributed by atoms with Gasteiger partial charge in [-0.15, -0.1) is 0 Å². The van der Waals surface area contributed by atoms with E-state index in [1.807, 2.05) is 37.3 Å². The van der Waals surface area contributed by atoms with Gasteiger partial charge in [-0.3, -0.25) is 4.79 Å². The topological polar surface area (TPSA) is 54.6 Å². The van der Waals surface area contributed by atoms with E-state index in [1.54, 1.807) is 42.5 Å². The monoisotopic (exact) mass is 422 g/mol. The highest BCUT2D eigenvalue weighted by molar-refractivity contribution is 6.31. The van der Waals surface area contributed by atoms with Crippen molar-refractivity contribution in [2.45, 2.75) is 6.92 Å². The first-order chi connectivity index (χ1) is 14.0. The summed E-state index contributed by atoms with van der Waals surface area (Å²) >= 11 is 12.0. The van der Waals surface area contributed by atoms with Gasteiger partial charge >= 0.3 is 0 Å². The number of para-hydroxylation sites is 1. The quantitative estimate of drug-likeness (QED) is 0.407. The number of hydrogen-bond donors (Lipinski definition) is 1. The summed E-state index contributed by atoms with van der Waals surface area (Å²) in [7, 11) is 0. The van der Waals surface area contributed by atoms with Crippen LogP contribution in [0.1, 0.15) is 15.9 Å². The number of anilines is 1. The molecular weight excluding hydrogens is 407 g/mol. The van der Waals surface area contributed by atoms with Crippen molar-refractivity contribution in [1.82, 2.24) is 0 Å². The molecule has 4 rings (SSSR count). The van der Waals surface area contributed by atoms with Crippen LogP contribution in [0.2, 0.25) is 10.0 Å². The minimum Gasteiger partial charge on any atom is -0.438 e. The summed E-state index contributed by atoms with van der Waals surface area (Å²) in [5.74, 6) is -0.333. The molecule has 0 aliphatic carbocycles. The molecule has 4 aromatic rings. The van der Waals surface area contributed by atoms with Crippen LogP contribution in [0.5, 0.6) is 0 Å². The van der Waals surface area contributed by atoms with Gasteiger partial charge in [0.05, 0.1) is 5.69 Å². The Bertz CT molecular complexity index is 1280. The van der Waals surface area contributed by atoms with Crippen LogP contribution in [0, 0.1) is 6.92 Å². The van der Waals surface area contributed by atoms with E-state index < -0.39 is 0 Å². The van der Waals surface area contributed by atoms with Crippen LogP contribution in [0.4, 0.5) is 11.4 Å². The molecule has 0 aliphatic heterocycles. The molecule has 0 spiro atoms. The Morgan fingerprint density at radius 1 is 0.931 bits per heavy atom. The summed E-state index contributed by atoms with van der Waals surface area (Å²) in [6.07, 6.45) is 0. The predicted molar refractivity (Wildman–Crippen MR) is 117 cm³/mol. The first kappa shape index (κ1) is 19.2. The highest BCUT2D eigenvalue weighted by Crippen LogP contribution is 2.23. The van der Waals surface area contributed by atoms with E-state index in [1.165, 1.54) is 0 Å². The molecule has 1 aromatic heterocycles. The summed E-state index contributed by atoms with van der Waals surface area (Å²) in [5, 5.41) is 4.81. The lowest BCUT2D eigenvalue weighted by Crippen LogP contribution is -2.21. The van der Waals surface area contributed by atoms with Crippen molar-refractivity contribution in [3.63, 3.8) is 0 Å². The van der Waals surface area contributed by atoms with Crippen molar-refractivity contribution in [2.24, 2.45) is 4.99 Å². The van der Waals surface area contributed by atoms with Gasteiger partial charge in [-0.25, -0.2) is 4.99 Å². The second-order valence-electron chi connectivity index (χ2n) is 6.51. The molecule has 0 saturated carbocycles. The summed E-state index contributed by atoms with van der Waals surface area (Å²) in [6, 6.07) is 21.5. The molecule has 0 fully saturated rings. The second kappa shape index (κ2) is 8.11. The average molecular weight is 423 g/mol. The molecule has 3 aromatic carbocycles. The summed E-state index contributed by atoms with van der Waals surface area (Å²) in [5.41, 5.74) is 3.34. The maximum absolute atomic E-state index is 13.0. The number of nitrogens with one attached hydrogen (secondary N) is 1. The van der Waals surface area contributed by atoms with Crippen molar-refractivity contribution >= 4 is 51.5 Å². The molecule has 0 atom stereocenters. The number of nitrogens with zero attached hydrogens (tertiary/aromatic N) is 1. The largest absolute Gasteiger partial charge is 0.438 e. The van der Waals surface area contributed by atoms with Crippen LogP contribution in [0.15, 0.2) is 82.2 Å². The number of hydrogen-bond acceptors (Lipinski definition) is 3. The lowest BCUT2D eigenvalue weighted by molar-refractivity contribution is 0.102. The molecule has 1 amide bonds. The molecular formula is C23H16Cl2N2O2. The second-order valence-corrected chi connectivity index (χ2v) is 7.38. The number of aryl methyl sites for hydroxylation is 1. The Labute approximate surface area is 177 Å². The van der Waals surface area contributed by atoms with Gasteiger partial charge in [-0.05, 0) is 61.0 Å². The fourth-order valence-corrected chi connectivity index (χ4v) is 3.15. The Morgan fingerprint density at radius 2 is 1.66 bits per heavy atom. The van der Waals surface area contributed by atoms with Crippen LogP contribution >= 0.6 is 23.2 Å². The van der Waals surface area contributed by atoms with Gasteiger partial charge in [0.2, 0.25) is 5.55 Å². The van der Waals surface area contributed by atoms with Crippen LogP contribution in [0.3, 0.4) is 0 Å². The number of halogens is 2. The number of carbonyl (C=O) groups excluding carboxylic acids is 1. The molecule has 0 aliphatic rings. The van der Waals surface area contributed by atoms with E-state index in [9.17, 15) is 4.79 Å². The Kier molecular flexibility index (Phi) is 5.38. The summed E-state index contributed by atoms with van der Waals surface area (Å²) < 4.78 is 5.98. The van der Waals surface area contributed by atoms with E-state index >= 15 is 0 Å². The molecule has 6 heteroatoms. The zero-order valence-corrected chi connectivity index (χ0v) is 17.0. The van der Waals surface area contributed by atoms with Gasteiger partial charge in [0.1, 0.15) is 11.1 Å². The molecule has 29 heavy (non-hydrogen) atoms. The van der Waals surface area contributed by atoms with Crippen LogP contribution < -0.4 is 10.9 Å². The molecule has 1 heterocycles. The van der Waals surface area contributed by atoms with Crippen molar-refractivity contribution in [1.29, 1.82) is 0 Å². The summed E-state index contributed by atoms with van der Waals surface area (Å²) in [4.78, 5) is 17.6. The summed E-state index contributed by atoms with van der Waals surface area (Å²) in [6.45, 7) is 1.92. The fourth-order valence-electron chi connectivity index (χ4n) is 2.86. The zero-order chi connectivity index (χ0) is 20.4. The first-order valence-electron chi connectivity index (χ1n) is 8.90. The lowest BCUT2D eigenvalue weighted by atomic mass is 10.1. The van der Waals surface area contributed by atoms with Crippen LogP contribution in [-0.4, -0.2) is 5.91 Å². The first-order valence-corrected chi connectivity index (χ1v) is 9.66. The van der Waals surface area contributed by atoms with E-state index in [4.69, 9.17) is 27.6 Å². The zero-order valence-electron chi connectivity index (χ0n) is 15.4. The maximum atomic E-state index is 13.0. The van der Waals surface area contributed by atoms with Crippen LogP contribution in [-0.2, 0) is 0 Å². The van der Waals surface area contributed by atoms with Crippen molar-refractivity contribution in [3.8, 4) is 0 Å². The highest BCUT2D eigenvalue weighted by atomic mass is 35.5. The van der Waals surface area contributed by atoms with Crippen molar-refractivity contribution in [3.05, 3.63) is 99.5 Å². The van der Waals surface area contributed by atoms with Gasteiger partial charge in [-0.2, -0.15) is 0 Å². The maximum Gasteiger partial charge on any atom is 0.261 e. The molecule has 0 radical (unpaired) electrons. The van der Waals surface area contributed by atoms with Crippen molar-refractivity contribution in [2.75, 3.05) is 5.32 Å². The number of rotatable bonds is 3. The van der Waals surface area contributed by atoms with Gasteiger partial charge in [0.15, 0.2) is 0 Å². The van der Waals surface area contributed by atoms with E-state index in [0.717, 1.165) is 10.9 Å². The van der Waals surface area contributed by atoms with Gasteiger partial charge in [-0.1, -0.05) is 47.5 Å². The third-order valence-electron chi connectivity index (χ3n) is 4.40. The van der Waals surface area contributed by atoms with Crippen LogP contribution in [0.25, 0.3) is 11.0 Å². The molecule has 0 bridgehead atoms. The van der Waals surface area contributed by atoms with E-state index in [-0.39, 0.29) is 11.5 Å². The third-order valence-corrected chi connectivity index (χ3v) is 4.88. The molecule has 0 unspecified atom stereocenters. The highest BCUT2D eigenvalue weighted by Gasteiger charge is 2.13. The van der Waals surface area contributed by atoms with Gasteiger partial charge in [0.25, 0.3) is 5.91 Å². The Morgan fingerprint density at radius 3 is 2.45 bits per heavy atom. The SMILES string of the molecule is Cc1ccc(Cl)cc1N=c1oc2ccccc2cc1C(=O)Nc1ccc(Cl)cc1. The third kappa shape index (κ3) is 4.34.